The third-order valence-corrected chi connectivity index (χ3v) is 4.32. The lowest BCUT2D eigenvalue weighted by molar-refractivity contribution is -0.0728. The molecule has 1 saturated heterocycles. The zero-order valence-electron chi connectivity index (χ0n) is 13.1. The number of aromatic nitrogens is 2. The van der Waals surface area contributed by atoms with Crippen LogP contribution in [0.2, 0.25) is 0 Å². The summed E-state index contributed by atoms with van der Waals surface area (Å²) >= 11 is 0. The van der Waals surface area contributed by atoms with E-state index in [1.807, 2.05) is 0 Å². The third kappa shape index (κ3) is 2.05. The molecule has 0 spiro atoms. The molecule has 0 amide bonds. The average molecular weight is 272 g/mol. The Morgan fingerprint density at radius 1 is 1.25 bits per heavy atom. The van der Waals surface area contributed by atoms with Crippen LogP contribution in [0.5, 0.6) is 0 Å². The van der Waals surface area contributed by atoms with E-state index in [4.69, 9.17) is 9.72 Å². The van der Waals surface area contributed by atoms with Crippen molar-refractivity contribution in [3.8, 4) is 0 Å². The van der Waals surface area contributed by atoms with Gasteiger partial charge in [-0.25, -0.2) is 4.98 Å². The van der Waals surface area contributed by atoms with Crippen LogP contribution in [0.3, 0.4) is 0 Å². The maximum absolute atomic E-state index is 6.27. The van der Waals surface area contributed by atoms with Crippen LogP contribution in [-0.4, -0.2) is 20.8 Å². The number of aryl methyl sites for hydroxylation is 1. The lowest BCUT2D eigenvalue weighted by Crippen LogP contribution is -2.31. The molecule has 1 aliphatic heterocycles. The van der Waals surface area contributed by atoms with E-state index in [0.717, 1.165) is 24.2 Å². The van der Waals surface area contributed by atoms with Crippen LogP contribution in [-0.2, 0) is 11.2 Å². The number of ether oxygens (including phenoxy) is 1. The summed E-state index contributed by atoms with van der Waals surface area (Å²) in [6, 6.07) is 8.74. The predicted molar refractivity (Wildman–Crippen MR) is 82.0 cm³/mol. The van der Waals surface area contributed by atoms with Gasteiger partial charge < -0.3 is 9.30 Å². The van der Waals surface area contributed by atoms with Crippen molar-refractivity contribution in [1.82, 2.24) is 9.55 Å². The van der Waals surface area contributed by atoms with Crippen LogP contribution in [0.15, 0.2) is 24.3 Å². The molecule has 20 heavy (non-hydrogen) atoms. The summed E-state index contributed by atoms with van der Waals surface area (Å²) in [6.45, 7) is 10.9. The number of hydrogen-bond donors (Lipinski definition) is 0. The Kier molecular flexibility index (Phi) is 2.94. The van der Waals surface area contributed by atoms with Gasteiger partial charge in [0, 0.05) is 6.42 Å². The average Bonchev–Trinajstić information content (AvgIpc) is 2.82. The number of benzene rings is 1. The summed E-state index contributed by atoms with van der Waals surface area (Å²) in [5.74, 6) is 1.16. The molecule has 1 aliphatic rings. The first-order chi connectivity index (χ1) is 9.34. The van der Waals surface area contributed by atoms with Gasteiger partial charge in [0.05, 0.1) is 28.3 Å². The molecule has 0 aliphatic carbocycles. The van der Waals surface area contributed by atoms with Crippen molar-refractivity contribution in [1.29, 1.82) is 0 Å². The fraction of sp³-hybridized carbons (Fsp3) is 0.588. The van der Waals surface area contributed by atoms with Crippen molar-refractivity contribution in [2.75, 3.05) is 0 Å². The van der Waals surface area contributed by atoms with E-state index < -0.39 is 0 Å². The normalized spacial score (nSPS) is 24.4. The highest BCUT2D eigenvalue weighted by atomic mass is 16.5. The lowest BCUT2D eigenvalue weighted by atomic mass is 9.94. The monoisotopic (exact) mass is 272 g/mol. The third-order valence-electron chi connectivity index (χ3n) is 4.32. The molecule has 0 bridgehead atoms. The number of hydrogen-bond acceptors (Lipinski definition) is 2. The molecule has 1 atom stereocenters. The minimum Gasteiger partial charge on any atom is -0.367 e. The largest absolute Gasteiger partial charge is 0.367 e. The molecular weight excluding hydrogens is 248 g/mol. The van der Waals surface area contributed by atoms with Gasteiger partial charge in [0.2, 0.25) is 0 Å². The Labute approximate surface area is 121 Å². The first-order valence-corrected chi connectivity index (χ1v) is 7.50. The molecule has 2 aromatic rings. The molecule has 108 valence electrons. The first kappa shape index (κ1) is 13.6. The van der Waals surface area contributed by atoms with Crippen LogP contribution in [0.1, 0.15) is 52.9 Å². The van der Waals surface area contributed by atoms with Crippen molar-refractivity contribution in [2.45, 2.75) is 64.7 Å². The van der Waals surface area contributed by atoms with Crippen LogP contribution >= 0.6 is 0 Å². The summed E-state index contributed by atoms with van der Waals surface area (Å²) in [7, 11) is 0. The van der Waals surface area contributed by atoms with E-state index in [1.165, 1.54) is 5.52 Å². The lowest BCUT2D eigenvalue weighted by Gasteiger charge is -2.29. The molecule has 3 heteroatoms. The molecule has 0 saturated carbocycles. The predicted octanol–water partition coefficient (Wildman–Crippen LogP) is 4.12. The van der Waals surface area contributed by atoms with Gasteiger partial charge in [-0.2, -0.15) is 0 Å². The van der Waals surface area contributed by atoms with Crippen LogP contribution in [0.4, 0.5) is 0 Å². The number of nitrogens with zero attached hydrogens (tertiary/aromatic N) is 2. The molecule has 3 nitrogen and oxygen atoms in total. The summed E-state index contributed by atoms with van der Waals surface area (Å²) < 4.78 is 8.68. The molecule has 1 aromatic carbocycles. The molecule has 1 fully saturated rings. The van der Waals surface area contributed by atoms with Crippen molar-refractivity contribution in [3.05, 3.63) is 30.1 Å². The van der Waals surface area contributed by atoms with E-state index in [0.29, 0.717) is 6.04 Å². The Bertz CT molecular complexity index is 639. The van der Waals surface area contributed by atoms with Crippen LogP contribution in [0.25, 0.3) is 11.0 Å². The molecule has 0 N–H and O–H groups in total. The fourth-order valence-corrected chi connectivity index (χ4v) is 3.63. The second-order valence-corrected chi connectivity index (χ2v) is 6.93. The summed E-state index contributed by atoms with van der Waals surface area (Å²) in [4.78, 5) is 4.80. The smallest absolute Gasteiger partial charge is 0.109 e. The van der Waals surface area contributed by atoms with E-state index in [9.17, 15) is 0 Å². The summed E-state index contributed by atoms with van der Waals surface area (Å²) in [5.41, 5.74) is 2.06. The summed E-state index contributed by atoms with van der Waals surface area (Å²) in [5, 5.41) is 0. The topological polar surface area (TPSA) is 27.1 Å². The fourth-order valence-electron chi connectivity index (χ4n) is 3.63. The zero-order valence-corrected chi connectivity index (χ0v) is 13.1. The second kappa shape index (κ2) is 4.32. The maximum atomic E-state index is 6.27. The van der Waals surface area contributed by atoms with Crippen LogP contribution in [0, 0.1) is 0 Å². The van der Waals surface area contributed by atoms with E-state index in [-0.39, 0.29) is 11.2 Å². The molecule has 3 rings (SSSR count). The van der Waals surface area contributed by atoms with Gasteiger partial charge in [0.25, 0.3) is 0 Å². The zero-order chi connectivity index (χ0) is 14.5. The number of imidazole rings is 1. The number of rotatable bonds is 2. The highest BCUT2D eigenvalue weighted by molar-refractivity contribution is 5.76. The van der Waals surface area contributed by atoms with Crippen molar-refractivity contribution in [3.63, 3.8) is 0 Å². The Morgan fingerprint density at radius 2 is 1.95 bits per heavy atom. The maximum Gasteiger partial charge on any atom is 0.109 e. The van der Waals surface area contributed by atoms with Gasteiger partial charge in [0.1, 0.15) is 5.82 Å². The van der Waals surface area contributed by atoms with Gasteiger partial charge in [-0.1, -0.05) is 19.1 Å². The summed E-state index contributed by atoms with van der Waals surface area (Å²) in [6.07, 6.45) is 1.97. The minimum atomic E-state index is -0.170. The van der Waals surface area contributed by atoms with Gasteiger partial charge in [-0.15, -0.1) is 0 Å². The Morgan fingerprint density at radius 3 is 2.55 bits per heavy atom. The van der Waals surface area contributed by atoms with Crippen molar-refractivity contribution >= 4 is 11.0 Å². The molecular formula is C17H24N2O. The highest BCUT2D eigenvalue weighted by Gasteiger charge is 2.47. The van der Waals surface area contributed by atoms with Gasteiger partial charge in [0.15, 0.2) is 0 Å². The molecule has 2 heterocycles. The molecule has 0 radical (unpaired) electrons. The highest BCUT2D eigenvalue weighted by Crippen LogP contribution is 2.46. The second-order valence-electron chi connectivity index (χ2n) is 6.93. The van der Waals surface area contributed by atoms with Crippen LogP contribution < -0.4 is 0 Å². The SMILES string of the molecule is CCc1nc2ccccc2n1C1CC(C)(C)OC1(C)C. The first-order valence-electron chi connectivity index (χ1n) is 7.50. The standard InChI is InChI=1S/C17H24N2O/c1-6-15-18-12-9-7-8-10-13(12)19(15)14-11-16(2,3)20-17(14,4)5/h7-10,14H,6,11H2,1-5H3. The van der Waals surface area contributed by atoms with Gasteiger partial charge in [-0.3, -0.25) is 0 Å². The number of para-hydroxylation sites is 2. The Balaban J connectivity index is 2.19. The molecule has 1 aromatic heterocycles. The van der Waals surface area contributed by atoms with E-state index in [2.05, 4.69) is 63.5 Å². The van der Waals surface area contributed by atoms with E-state index in [1.54, 1.807) is 0 Å². The Hall–Kier alpha value is -1.35. The minimum absolute atomic E-state index is 0.0788. The van der Waals surface area contributed by atoms with Gasteiger partial charge >= 0.3 is 0 Å². The quantitative estimate of drug-likeness (QED) is 0.822. The van der Waals surface area contributed by atoms with Crippen molar-refractivity contribution in [2.24, 2.45) is 0 Å². The molecule has 1 unspecified atom stereocenters. The van der Waals surface area contributed by atoms with Gasteiger partial charge in [-0.05, 0) is 46.2 Å². The van der Waals surface area contributed by atoms with E-state index >= 15 is 0 Å². The van der Waals surface area contributed by atoms with Crippen molar-refractivity contribution < 1.29 is 4.74 Å². The number of fused-ring (bicyclic) bond motifs is 1.